The molecule has 0 radical (unpaired) electrons. The number of fused-ring (bicyclic) bond motifs is 3. The van der Waals surface area contributed by atoms with Gasteiger partial charge in [0, 0.05) is 12.4 Å². The number of imidazole rings is 1. The van der Waals surface area contributed by atoms with E-state index in [4.69, 9.17) is 4.98 Å². The summed E-state index contributed by atoms with van der Waals surface area (Å²) in [6, 6.07) is 2.28. The molecule has 21 heavy (non-hydrogen) atoms. The van der Waals surface area contributed by atoms with Gasteiger partial charge in [-0.3, -0.25) is 4.40 Å². The van der Waals surface area contributed by atoms with Gasteiger partial charge in [-0.2, -0.15) is 0 Å². The van der Waals surface area contributed by atoms with Crippen LogP contribution in [-0.4, -0.2) is 14.4 Å². The Kier molecular flexibility index (Phi) is 3.52. The quantitative estimate of drug-likeness (QED) is 0.700. The SMILES string of the molecule is CC(C)Cc1cn2c(n1)sc1ncc(CC(C)(C)C)cc12. The zero-order chi connectivity index (χ0) is 15.2. The zero-order valence-corrected chi connectivity index (χ0v) is 14.3. The van der Waals surface area contributed by atoms with Crippen LogP contribution >= 0.6 is 11.3 Å². The topological polar surface area (TPSA) is 30.2 Å². The van der Waals surface area contributed by atoms with Crippen molar-refractivity contribution >= 4 is 26.6 Å². The van der Waals surface area contributed by atoms with Crippen molar-refractivity contribution in [3.63, 3.8) is 0 Å². The molecule has 112 valence electrons. The Hall–Kier alpha value is -1.42. The van der Waals surface area contributed by atoms with Gasteiger partial charge in [0.25, 0.3) is 0 Å². The van der Waals surface area contributed by atoms with E-state index in [9.17, 15) is 0 Å². The third-order valence-corrected chi connectivity index (χ3v) is 4.39. The summed E-state index contributed by atoms with van der Waals surface area (Å²) in [6.45, 7) is 11.2. The molecule has 0 spiro atoms. The fourth-order valence-electron chi connectivity index (χ4n) is 2.70. The molecular weight excluding hydrogens is 278 g/mol. The highest BCUT2D eigenvalue weighted by atomic mass is 32.1. The number of hydrogen-bond donors (Lipinski definition) is 0. The van der Waals surface area contributed by atoms with Crippen LogP contribution in [0.5, 0.6) is 0 Å². The van der Waals surface area contributed by atoms with Crippen molar-refractivity contribution in [2.45, 2.75) is 47.5 Å². The highest BCUT2D eigenvalue weighted by Gasteiger charge is 2.15. The standard InChI is InChI=1S/C17H23N3S/c1-11(2)6-13-10-20-14-7-12(8-17(3,4)5)9-18-15(14)21-16(20)19-13/h7,9-11H,6,8H2,1-5H3. The average molecular weight is 301 g/mol. The highest BCUT2D eigenvalue weighted by molar-refractivity contribution is 7.23. The van der Waals surface area contributed by atoms with Gasteiger partial charge in [-0.05, 0) is 35.8 Å². The van der Waals surface area contributed by atoms with Gasteiger partial charge in [0.1, 0.15) is 4.83 Å². The first-order valence-corrected chi connectivity index (χ1v) is 8.39. The maximum atomic E-state index is 4.74. The number of nitrogens with zero attached hydrogens (tertiary/aromatic N) is 3. The van der Waals surface area contributed by atoms with Crippen molar-refractivity contribution < 1.29 is 0 Å². The molecule has 0 atom stereocenters. The molecule has 0 unspecified atom stereocenters. The van der Waals surface area contributed by atoms with Crippen molar-refractivity contribution in [1.29, 1.82) is 0 Å². The second-order valence-electron chi connectivity index (χ2n) is 7.49. The Morgan fingerprint density at radius 3 is 2.71 bits per heavy atom. The lowest BCUT2D eigenvalue weighted by Gasteiger charge is -2.17. The number of rotatable bonds is 3. The summed E-state index contributed by atoms with van der Waals surface area (Å²) < 4.78 is 2.21. The van der Waals surface area contributed by atoms with E-state index in [2.05, 4.69) is 56.3 Å². The number of aromatic nitrogens is 3. The Bertz CT molecular complexity index is 774. The minimum absolute atomic E-state index is 0.280. The van der Waals surface area contributed by atoms with Gasteiger partial charge >= 0.3 is 0 Å². The van der Waals surface area contributed by atoms with E-state index in [0.717, 1.165) is 22.6 Å². The Labute approximate surface area is 130 Å². The van der Waals surface area contributed by atoms with E-state index >= 15 is 0 Å². The van der Waals surface area contributed by atoms with Crippen molar-refractivity contribution in [3.05, 3.63) is 29.7 Å². The summed E-state index contributed by atoms with van der Waals surface area (Å²) >= 11 is 1.68. The normalized spacial score (nSPS) is 12.9. The van der Waals surface area contributed by atoms with E-state index in [1.807, 2.05) is 6.20 Å². The van der Waals surface area contributed by atoms with Crippen LogP contribution in [0.3, 0.4) is 0 Å². The third-order valence-electron chi connectivity index (χ3n) is 3.41. The molecule has 3 heterocycles. The number of pyridine rings is 1. The molecule has 0 aromatic carbocycles. The zero-order valence-electron chi connectivity index (χ0n) is 13.5. The summed E-state index contributed by atoms with van der Waals surface area (Å²) in [5.41, 5.74) is 3.95. The second-order valence-corrected chi connectivity index (χ2v) is 8.45. The summed E-state index contributed by atoms with van der Waals surface area (Å²) in [7, 11) is 0. The minimum atomic E-state index is 0.280. The lowest BCUT2D eigenvalue weighted by molar-refractivity contribution is 0.411. The lowest BCUT2D eigenvalue weighted by Crippen LogP contribution is -2.09. The van der Waals surface area contributed by atoms with Gasteiger partial charge in [0.05, 0.1) is 11.2 Å². The predicted octanol–water partition coefficient (Wildman–Crippen LogP) is 4.73. The lowest BCUT2D eigenvalue weighted by atomic mass is 9.89. The van der Waals surface area contributed by atoms with Crippen LogP contribution < -0.4 is 0 Å². The van der Waals surface area contributed by atoms with Crippen LogP contribution in [0.1, 0.15) is 45.9 Å². The first kappa shape index (κ1) is 14.5. The molecule has 0 N–H and O–H groups in total. The molecule has 3 aromatic rings. The Balaban J connectivity index is 2.05. The first-order chi connectivity index (χ1) is 9.82. The predicted molar refractivity (Wildman–Crippen MR) is 90.1 cm³/mol. The molecule has 3 nitrogen and oxygen atoms in total. The molecule has 0 aliphatic rings. The molecular formula is C17H23N3S. The fraction of sp³-hybridized carbons (Fsp3) is 0.529. The van der Waals surface area contributed by atoms with Gasteiger partial charge in [-0.25, -0.2) is 9.97 Å². The van der Waals surface area contributed by atoms with Crippen LogP contribution in [0, 0.1) is 11.3 Å². The van der Waals surface area contributed by atoms with Gasteiger partial charge in [0.15, 0.2) is 4.96 Å². The Morgan fingerprint density at radius 2 is 2.05 bits per heavy atom. The molecule has 0 bridgehead atoms. The van der Waals surface area contributed by atoms with Crippen LogP contribution in [-0.2, 0) is 12.8 Å². The van der Waals surface area contributed by atoms with E-state index in [1.54, 1.807) is 11.3 Å². The minimum Gasteiger partial charge on any atom is -0.288 e. The van der Waals surface area contributed by atoms with E-state index in [0.29, 0.717) is 5.92 Å². The molecule has 4 heteroatoms. The molecule has 0 saturated carbocycles. The molecule has 0 aliphatic carbocycles. The van der Waals surface area contributed by atoms with Gasteiger partial charge in [-0.15, -0.1) is 0 Å². The molecule has 0 amide bonds. The molecule has 3 aromatic heterocycles. The van der Waals surface area contributed by atoms with Gasteiger partial charge in [0.2, 0.25) is 0 Å². The summed E-state index contributed by atoms with van der Waals surface area (Å²) in [6.07, 6.45) is 6.26. The van der Waals surface area contributed by atoms with Crippen molar-refractivity contribution in [2.75, 3.05) is 0 Å². The monoisotopic (exact) mass is 301 g/mol. The molecule has 3 rings (SSSR count). The van der Waals surface area contributed by atoms with Gasteiger partial charge in [-0.1, -0.05) is 46.0 Å². The van der Waals surface area contributed by atoms with Crippen molar-refractivity contribution in [3.8, 4) is 0 Å². The maximum absolute atomic E-state index is 4.74. The second kappa shape index (κ2) is 5.09. The Morgan fingerprint density at radius 1 is 1.29 bits per heavy atom. The molecule has 0 saturated heterocycles. The van der Waals surface area contributed by atoms with Crippen LogP contribution in [0.15, 0.2) is 18.5 Å². The van der Waals surface area contributed by atoms with Crippen LogP contribution in [0.4, 0.5) is 0 Å². The van der Waals surface area contributed by atoms with E-state index in [1.165, 1.54) is 16.8 Å². The number of thiazole rings is 1. The average Bonchev–Trinajstić information content (AvgIpc) is 2.83. The highest BCUT2D eigenvalue weighted by Crippen LogP contribution is 2.28. The molecule has 0 aliphatic heterocycles. The van der Waals surface area contributed by atoms with Crippen LogP contribution in [0.25, 0.3) is 15.3 Å². The van der Waals surface area contributed by atoms with Crippen molar-refractivity contribution in [2.24, 2.45) is 11.3 Å². The fourth-order valence-corrected chi connectivity index (χ4v) is 3.65. The van der Waals surface area contributed by atoms with E-state index < -0.39 is 0 Å². The first-order valence-electron chi connectivity index (χ1n) is 7.57. The number of hydrogen-bond acceptors (Lipinski definition) is 3. The van der Waals surface area contributed by atoms with E-state index in [-0.39, 0.29) is 5.41 Å². The molecule has 0 fully saturated rings. The third kappa shape index (κ3) is 3.10. The summed E-state index contributed by atoms with van der Waals surface area (Å²) in [5.74, 6) is 0.635. The van der Waals surface area contributed by atoms with Crippen LogP contribution in [0.2, 0.25) is 0 Å². The van der Waals surface area contributed by atoms with Crippen molar-refractivity contribution in [1.82, 2.24) is 14.4 Å². The smallest absolute Gasteiger partial charge is 0.196 e. The largest absolute Gasteiger partial charge is 0.288 e. The maximum Gasteiger partial charge on any atom is 0.196 e. The summed E-state index contributed by atoms with van der Waals surface area (Å²) in [4.78, 5) is 11.5. The van der Waals surface area contributed by atoms with Gasteiger partial charge < -0.3 is 0 Å². The summed E-state index contributed by atoms with van der Waals surface area (Å²) in [5, 5.41) is 0.